The monoisotopic (exact) mass is 626 g/mol. The van der Waals surface area contributed by atoms with Crippen molar-refractivity contribution < 1.29 is 23.3 Å². The molecule has 6 atom stereocenters. The summed E-state index contributed by atoms with van der Waals surface area (Å²) in [6.07, 6.45) is 8.58. The molecule has 2 aliphatic heterocycles. The van der Waals surface area contributed by atoms with Crippen LogP contribution in [0.5, 0.6) is 5.75 Å². The maximum Gasteiger partial charge on any atom is 0.263 e. The molecule has 2 aromatic carbocycles. The van der Waals surface area contributed by atoms with Crippen molar-refractivity contribution in [2.45, 2.75) is 63.5 Å². The Labute approximate surface area is 262 Å². The van der Waals surface area contributed by atoms with Crippen LogP contribution in [0, 0.1) is 17.8 Å². The van der Waals surface area contributed by atoms with Crippen LogP contribution in [0.4, 0.5) is 5.69 Å². The summed E-state index contributed by atoms with van der Waals surface area (Å²) >= 11 is 6.39. The summed E-state index contributed by atoms with van der Waals surface area (Å²) in [4.78, 5) is 29.1. The highest BCUT2D eigenvalue weighted by molar-refractivity contribution is 7.84. The van der Waals surface area contributed by atoms with Gasteiger partial charge in [-0.05, 0) is 91.5 Å². The van der Waals surface area contributed by atoms with E-state index in [0.717, 1.165) is 36.4 Å². The van der Waals surface area contributed by atoms with Crippen molar-refractivity contribution in [2.24, 2.45) is 17.8 Å². The Morgan fingerprint density at radius 1 is 1.14 bits per heavy atom. The molecule has 232 valence electrons. The number of fused-ring (bicyclic) bond motifs is 2. The first-order chi connectivity index (χ1) is 20.8. The lowest BCUT2D eigenvalue weighted by Crippen LogP contribution is -2.42. The van der Waals surface area contributed by atoms with Gasteiger partial charge in [-0.15, -0.1) is 0 Å². The lowest BCUT2D eigenvalue weighted by atomic mass is 9.70. The smallest absolute Gasteiger partial charge is 0.263 e. The van der Waals surface area contributed by atoms with Crippen LogP contribution >= 0.6 is 11.6 Å². The van der Waals surface area contributed by atoms with Crippen LogP contribution in [0.2, 0.25) is 5.02 Å². The van der Waals surface area contributed by atoms with Crippen molar-refractivity contribution in [1.82, 2.24) is 4.72 Å². The number of ether oxygens (including phenoxy) is 2. The number of aryl methyl sites for hydroxylation is 1. The number of halogens is 1. The predicted molar refractivity (Wildman–Crippen MR) is 172 cm³/mol. The molecule has 1 aliphatic carbocycles. The number of rotatable bonds is 6. The summed E-state index contributed by atoms with van der Waals surface area (Å²) in [5.74, 6) is 0.760. The third kappa shape index (κ3) is 7.35. The minimum Gasteiger partial charge on any atom is -0.491 e. The SMILES string of the molecule is CCCc1cc(Cl)ccc1C1COc2ccc3cc2N(C1)CC1CCC1C(=O)/C=C/CC(C)C(CCOC)S(=O)NC3=O. The van der Waals surface area contributed by atoms with Crippen LogP contribution in [0.15, 0.2) is 48.6 Å². The van der Waals surface area contributed by atoms with E-state index in [0.29, 0.717) is 50.5 Å². The van der Waals surface area contributed by atoms with Crippen LogP contribution in [0.25, 0.3) is 0 Å². The van der Waals surface area contributed by atoms with E-state index in [1.54, 1.807) is 19.3 Å². The first kappa shape index (κ1) is 31.7. The third-order valence-corrected chi connectivity index (χ3v) is 11.1. The largest absolute Gasteiger partial charge is 0.491 e. The van der Waals surface area contributed by atoms with Crippen molar-refractivity contribution in [3.05, 3.63) is 70.3 Å². The molecule has 0 spiro atoms. The van der Waals surface area contributed by atoms with Gasteiger partial charge in [-0.2, -0.15) is 0 Å². The zero-order valence-electron chi connectivity index (χ0n) is 25.4. The Hall–Kier alpha value is -2.68. The van der Waals surface area contributed by atoms with Crippen molar-refractivity contribution in [2.75, 3.05) is 38.3 Å². The summed E-state index contributed by atoms with van der Waals surface area (Å²) in [6.45, 7) is 6.48. The summed E-state index contributed by atoms with van der Waals surface area (Å²) in [5, 5.41) is 0.414. The number of methoxy groups -OCH3 is 1. The number of carbonyl (C=O) groups excluding carboxylic acids is 2. The quantitative estimate of drug-likeness (QED) is 0.407. The number of nitrogens with zero attached hydrogens (tertiary/aromatic N) is 1. The summed E-state index contributed by atoms with van der Waals surface area (Å²) in [7, 11) is -0.0168. The van der Waals surface area contributed by atoms with E-state index in [4.69, 9.17) is 21.1 Å². The first-order valence-corrected chi connectivity index (χ1v) is 17.1. The average molecular weight is 627 g/mol. The summed E-state index contributed by atoms with van der Waals surface area (Å²) < 4.78 is 27.9. The molecule has 1 amide bonds. The minimum absolute atomic E-state index is 0.0104. The molecule has 7 nitrogen and oxygen atoms in total. The molecule has 0 saturated heterocycles. The predicted octanol–water partition coefficient (Wildman–Crippen LogP) is 6.27. The van der Waals surface area contributed by atoms with Crippen LogP contribution in [0.3, 0.4) is 0 Å². The van der Waals surface area contributed by atoms with Crippen molar-refractivity contribution in [3.8, 4) is 5.75 Å². The van der Waals surface area contributed by atoms with Crippen LogP contribution < -0.4 is 14.4 Å². The topological polar surface area (TPSA) is 84.9 Å². The van der Waals surface area contributed by atoms with Gasteiger partial charge in [0.25, 0.3) is 5.91 Å². The zero-order valence-corrected chi connectivity index (χ0v) is 26.9. The van der Waals surface area contributed by atoms with Crippen molar-refractivity contribution in [3.63, 3.8) is 0 Å². The van der Waals surface area contributed by atoms with E-state index in [1.165, 1.54) is 11.1 Å². The fraction of sp³-hybridized carbons (Fsp3) is 0.529. The second-order valence-corrected chi connectivity index (χ2v) is 14.0. The summed E-state index contributed by atoms with van der Waals surface area (Å²) in [5.41, 5.74) is 3.71. The summed E-state index contributed by atoms with van der Waals surface area (Å²) in [6, 6.07) is 11.6. The highest BCUT2D eigenvalue weighted by Crippen LogP contribution is 2.41. The number of benzene rings is 2. The van der Waals surface area contributed by atoms with Gasteiger partial charge >= 0.3 is 0 Å². The van der Waals surface area contributed by atoms with E-state index >= 15 is 0 Å². The molecule has 0 radical (unpaired) electrons. The minimum atomic E-state index is -1.63. The molecule has 2 aromatic rings. The third-order valence-electron chi connectivity index (χ3n) is 9.24. The molecule has 1 saturated carbocycles. The van der Waals surface area contributed by atoms with Gasteiger partial charge in [-0.25, -0.2) is 4.21 Å². The maximum absolute atomic E-state index is 13.5. The Morgan fingerprint density at radius 2 is 1.98 bits per heavy atom. The normalized spacial score (nSPS) is 28.6. The van der Waals surface area contributed by atoms with Crippen LogP contribution in [-0.2, 0) is 26.9 Å². The fourth-order valence-electron chi connectivity index (χ4n) is 6.64. The molecule has 9 heteroatoms. The maximum atomic E-state index is 13.5. The number of allylic oxidation sites excluding steroid dienone is 2. The van der Waals surface area contributed by atoms with E-state index in [-0.39, 0.29) is 40.6 Å². The van der Waals surface area contributed by atoms with Crippen LogP contribution in [-0.4, -0.2) is 54.6 Å². The Bertz CT molecular complexity index is 1380. The molecule has 6 unspecified atom stereocenters. The highest BCUT2D eigenvalue weighted by Gasteiger charge is 2.38. The van der Waals surface area contributed by atoms with E-state index in [2.05, 4.69) is 28.7 Å². The number of ketones is 1. The number of anilines is 1. The second-order valence-electron chi connectivity index (χ2n) is 12.2. The van der Waals surface area contributed by atoms with Crippen molar-refractivity contribution >= 4 is 40.0 Å². The van der Waals surface area contributed by atoms with E-state index < -0.39 is 11.0 Å². The van der Waals surface area contributed by atoms with Crippen LogP contribution in [0.1, 0.15) is 73.4 Å². The van der Waals surface area contributed by atoms with Gasteiger partial charge in [0.05, 0.1) is 17.5 Å². The van der Waals surface area contributed by atoms with Gasteiger partial charge in [0.1, 0.15) is 16.7 Å². The van der Waals surface area contributed by atoms with E-state index in [1.807, 2.05) is 31.2 Å². The average Bonchev–Trinajstić information content (AvgIpc) is 3.14. The second kappa shape index (κ2) is 14.4. The first-order valence-electron chi connectivity index (χ1n) is 15.5. The molecule has 5 rings (SSSR count). The number of nitrogens with one attached hydrogen (secondary N) is 1. The standard InChI is InChI=1S/C34H43ClN2O5S/c1-4-6-23-17-27(35)11-13-28(23)26-20-37-19-25-9-12-29(25)31(38)8-5-7-22(2)33(15-16-41-3)43(40)36-34(39)24-10-14-32(42-21-26)30(37)18-24/h5,8,10-11,13-14,17-18,22,25-26,29,33H,4,6-7,9,12,15-16,19-21H2,1-3H3,(H,36,39)/b8-5+. The Balaban J connectivity index is 1.51. The Kier molecular flexibility index (Phi) is 10.6. The molecule has 1 N–H and O–H groups in total. The number of hydrogen-bond donors (Lipinski definition) is 1. The number of carbonyl (C=O) groups is 2. The molecule has 1 fully saturated rings. The van der Waals surface area contributed by atoms with Crippen molar-refractivity contribution in [1.29, 1.82) is 0 Å². The van der Waals surface area contributed by atoms with Gasteiger partial charge in [-0.1, -0.05) is 44.0 Å². The molecular weight excluding hydrogens is 584 g/mol. The van der Waals surface area contributed by atoms with Gasteiger partial charge in [0, 0.05) is 49.2 Å². The van der Waals surface area contributed by atoms with Gasteiger partial charge in [0.15, 0.2) is 5.78 Å². The molecular formula is C34H43ClN2O5S. The van der Waals surface area contributed by atoms with Gasteiger partial charge in [-0.3, -0.25) is 14.3 Å². The van der Waals surface area contributed by atoms with E-state index in [9.17, 15) is 13.8 Å². The highest BCUT2D eigenvalue weighted by atomic mass is 35.5. The molecule has 0 aromatic heterocycles. The number of hydrogen-bond acceptors (Lipinski definition) is 6. The fourth-order valence-corrected chi connectivity index (χ4v) is 8.13. The van der Waals surface area contributed by atoms with Gasteiger partial charge < -0.3 is 14.4 Å². The molecule has 3 aliphatic rings. The zero-order chi connectivity index (χ0) is 30.5. The number of amides is 1. The Morgan fingerprint density at radius 3 is 2.72 bits per heavy atom. The molecule has 2 bridgehead atoms. The lowest BCUT2D eigenvalue weighted by molar-refractivity contribution is -0.122. The lowest BCUT2D eigenvalue weighted by Gasteiger charge is -2.40. The van der Waals surface area contributed by atoms with Gasteiger partial charge in [0.2, 0.25) is 0 Å². The molecule has 43 heavy (non-hydrogen) atoms. The molecule has 2 heterocycles.